The zero-order chi connectivity index (χ0) is 9.97. The molecule has 0 saturated carbocycles. The van der Waals surface area contributed by atoms with E-state index < -0.39 is 0 Å². The molecular weight excluding hydrogens is 178 g/mol. The monoisotopic (exact) mass is 191 g/mol. The smallest absolute Gasteiger partial charge is 0.143 e. The number of rotatable bonds is 3. The lowest BCUT2D eigenvalue weighted by molar-refractivity contribution is 0.496. The molecule has 0 aliphatic heterocycles. The maximum absolute atomic E-state index is 5.37. The summed E-state index contributed by atoms with van der Waals surface area (Å²) in [5.41, 5.74) is 1.05. The summed E-state index contributed by atoms with van der Waals surface area (Å²) in [6, 6.07) is 1.94. The number of imidazole rings is 1. The number of hydrogen-bond donors (Lipinski definition) is 1. The van der Waals surface area contributed by atoms with Gasteiger partial charge < -0.3 is 14.3 Å². The van der Waals surface area contributed by atoms with Crippen molar-refractivity contribution in [2.24, 2.45) is 7.05 Å². The predicted molar refractivity (Wildman–Crippen MR) is 53.7 cm³/mol. The molecule has 4 nitrogen and oxygen atoms in total. The highest BCUT2D eigenvalue weighted by Gasteiger charge is 2.11. The molecule has 0 radical (unpaired) electrons. The molecule has 74 valence electrons. The highest BCUT2D eigenvalue weighted by molar-refractivity contribution is 5.57. The zero-order valence-electron chi connectivity index (χ0n) is 8.32. The van der Waals surface area contributed by atoms with Crippen LogP contribution in [0.2, 0.25) is 0 Å². The van der Waals surface area contributed by atoms with Crippen molar-refractivity contribution in [2.45, 2.75) is 6.54 Å². The van der Waals surface area contributed by atoms with Gasteiger partial charge in [-0.2, -0.15) is 0 Å². The number of hydrogen-bond acceptors (Lipinski definition) is 3. The van der Waals surface area contributed by atoms with Gasteiger partial charge in [0.15, 0.2) is 0 Å². The Morgan fingerprint density at radius 3 is 3.07 bits per heavy atom. The molecule has 2 heterocycles. The molecule has 0 aliphatic rings. The van der Waals surface area contributed by atoms with Crippen molar-refractivity contribution >= 4 is 0 Å². The molecular formula is C10H13N3O. The minimum atomic E-state index is 0.717. The summed E-state index contributed by atoms with van der Waals surface area (Å²) in [5.74, 6) is 1.85. The van der Waals surface area contributed by atoms with Crippen molar-refractivity contribution in [3.05, 3.63) is 30.5 Å². The summed E-state index contributed by atoms with van der Waals surface area (Å²) in [7, 11) is 3.86. The maximum Gasteiger partial charge on any atom is 0.143 e. The Labute approximate surface area is 82.6 Å². The standard InChI is InChI=1S/C10H13N3O/c1-11-7-9-8(3-6-14-9)10-12-4-5-13(10)2/h3-6,11H,7H2,1-2H3. The average Bonchev–Trinajstić information content (AvgIpc) is 2.74. The minimum absolute atomic E-state index is 0.717. The molecule has 14 heavy (non-hydrogen) atoms. The maximum atomic E-state index is 5.37. The van der Waals surface area contributed by atoms with Gasteiger partial charge >= 0.3 is 0 Å². The van der Waals surface area contributed by atoms with Gasteiger partial charge in [-0.1, -0.05) is 0 Å². The summed E-state index contributed by atoms with van der Waals surface area (Å²) in [5, 5.41) is 3.06. The quantitative estimate of drug-likeness (QED) is 0.797. The molecule has 4 heteroatoms. The highest BCUT2D eigenvalue weighted by Crippen LogP contribution is 2.22. The predicted octanol–water partition coefficient (Wildman–Crippen LogP) is 1.40. The van der Waals surface area contributed by atoms with Crippen molar-refractivity contribution in [3.63, 3.8) is 0 Å². The minimum Gasteiger partial charge on any atom is -0.467 e. The molecule has 2 aromatic heterocycles. The largest absolute Gasteiger partial charge is 0.467 e. The second-order valence-electron chi connectivity index (χ2n) is 3.15. The van der Waals surface area contributed by atoms with Crippen molar-refractivity contribution in [1.29, 1.82) is 0 Å². The normalized spacial score (nSPS) is 10.7. The van der Waals surface area contributed by atoms with Crippen LogP contribution in [0.4, 0.5) is 0 Å². The van der Waals surface area contributed by atoms with Gasteiger partial charge in [0.2, 0.25) is 0 Å². The van der Waals surface area contributed by atoms with Crippen LogP contribution in [0.5, 0.6) is 0 Å². The van der Waals surface area contributed by atoms with Gasteiger partial charge in [-0.25, -0.2) is 4.98 Å². The van der Waals surface area contributed by atoms with Gasteiger partial charge in [-0.05, 0) is 13.1 Å². The van der Waals surface area contributed by atoms with Crippen LogP contribution in [0.25, 0.3) is 11.4 Å². The number of aryl methyl sites for hydroxylation is 1. The molecule has 0 aromatic carbocycles. The summed E-state index contributed by atoms with van der Waals surface area (Å²) in [6.45, 7) is 0.717. The first kappa shape index (κ1) is 9.02. The van der Waals surface area contributed by atoms with Crippen LogP contribution in [0.1, 0.15) is 5.76 Å². The van der Waals surface area contributed by atoms with Crippen molar-refractivity contribution in [2.75, 3.05) is 7.05 Å². The molecule has 0 atom stereocenters. The Bertz CT molecular complexity index is 416. The van der Waals surface area contributed by atoms with Gasteiger partial charge in [0.25, 0.3) is 0 Å². The van der Waals surface area contributed by atoms with Crippen molar-refractivity contribution < 1.29 is 4.42 Å². The van der Waals surface area contributed by atoms with E-state index >= 15 is 0 Å². The third kappa shape index (κ3) is 1.44. The molecule has 2 rings (SSSR count). The van der Waals surface area contributed by atoms with Crippen LogP contribution in [-0.2, 0) is 13.6 Å². The van der Waals surface area contributed by atoms with E-state index in [1.165, 1.54) is 0 Å². The molecule has 0 amide bonds. The van der Waals surface area contributed by atoms with Crippen molar-refractivity contribution in [3.8, 4) is 11.4 Å². The van der Waals surface area contributed by atoms with Crippen LogP contribution < -0.4 is 5.32 Å². The van der Waals surface area contributed by atoms with Crippen LogP contribution in [-0.4, -0.2) is 16.6 Å². The molecule has 0 unspecified atom stereocenters. The van der Waals surface area contributed by atoms with Crippen LogP contribution in [0.3, 0.4) is 0 Å². The van der Waals surface area contributed by atoms with E-state index in [1.807, 2.05) is 30.9 Å². The van der Waals surface area contributed by atoms with Gasteiger partial charge in [-0.3, -0.25) is 0 Å². The van der Waals surface area contributed by atoms with E-state index in [-0.39, 0.29) is 0 Å². The first-order chi connectivity index (χ1) is 6.83. The number of nitrogens with one attached hydrogen (secondary N) is 1. The second kappa shape index (κ2) is 3.67. The SMILES string of the molecule is CNCc1occc1-c1nccn1C. The molecule has 2 aromatic rings. The van der Waals surface area contributed by atoms with Gasteiger partial charge in [-0.15, -0.1) is 0 Å². The Balaban J connectivity index is 2.41. The van der Waals surface area contributed by atoms with Crippen LogP contribution in [0, 0.1) is 0 Å². The summed E-state index contributed by atoms with van der Waals surface area (Å²) in [6.07, 6.45) is 5.40. The Morgan fingerprint density at radius 2 is 2.43 bits per heavy atom. The van der Waals surface area contributed by atoms with Gasteiger partial charge in [0.05, 0.1) is 18.4 Å². The molecule has 0 spiro atoms. The van der Waals surface area contributed by atoms with Crippen LogP contribution >= 0.6 is 0 Å². The van der Waals surface area contributed by atoms with Crippen molar-refractivity contribution in [1.82, 2.24) is 14.9 Å². The van der Waals surface area contributed by atoms with E-state index in [2.05, 4.69) is 10.3 Å². The Hall–Kier alpha value is -1.55. The lowest BCUT2D eigenvalue weighted by Crippen LogP contribution is -2.05. The summed E-state index contributed by atoms with van der Waals surface area (Å²) in [4.78, 5) is 4.28. The van der Waals surface area contributed by atoms with Gasteiger partial charge in [0, 0.05) is 19.4 Å². The zero-order valence-corrected chi connectivity index (χ0v) is 8.32. The fraction of sp³-hybridized carbons (Fsp3) is 0.300. The highest BCUT2D eigenvalue weighted by atomic mass is 16.3. The van der Waals surface area contributed by atoms with E-state index in [0.717, 1.165) is 23.7 Å². The summed E-state index contributed by atoms with van der Waals surface area (Å²) >= 11 is 0. The van der Waals surface area contributed by atoms with E-state index in [4.69, 9.17) is 4.42 Å². The number of furan rings is 1. The molecule has 0 fully saturated rings. The third-order valence-corrected chi connectivity index (χ3v) is 2.14. The fourth-order valence-corrected chi connectivity index (χ4v) is 1.46. The topological polar surface area (TPSA) is 43.0 Å². The second-order valence-corrected chi connectivity index (χ2v) is 3.15. The van der Waals surface area contributed by atoms with Gasteiger partial charge in [0.1, 0.15) is 11.6 Å². The first-order valence-electron chi connectivity index (χ1n) is 4.51. The number of aromatic nitrogens is 2. The molecule has 0 bridgehead atoms. The fourth-order valence-electron chi connectivity index (χ4n) is 1.46. The molecule has 0 aliphatic carbocycles. The van der Waals surface area contributed by atoms with E-state index in [0.29, 0.717) is 0 Å². The van der Waals surface area contributed by atoms with Crippen LogP contribution in [0.15, 0.2) is 29.1 Å². The van der Waals surface area contributed by atoms with E-state index in [9.17, 15) is 0 Å². The lowest BCUT2D eigenvalue weighted by atomic mass is 10.2. The molecule has 0 saturated heterocycles. The first-order valence-corrected chi connectivity index (χ1v) is 4.51. The molecule has 1 N–H and O–H groups in total. The lowest BCUT2D eigenvalue weighted by Gasteiger charge is -2.01. The Morgan fingerprint density at radius 1 is 1.57 bits per heavy atom. The van der Waals surface area contributed by atoms with E-state index in [1.54, 1.807) is 12.5 Å². The summed E-state index contributed by atoms with van der Waals surface area (Å²) < 4.78 is 7.34. The Kier molecular flexibility index (Phi) is 2.37. The third-order valence-electron chi connectivity index (χ3n) is 2.14. The average molecular weight is 191 g/mol. The number of nitrogens with zero attached hydrogens (tertiary/aromatic N) is 2.